The van der Waals surface area contributed by atoms with Crippen LogP contribution in [0.25, 0.3) is 0 Å². The average molecular weight is 334 g/mol. The maximum Gasteiger partial charge on any atom is 0.243 e. The molecule has 0 amide bonds. The summed E-state index contributed by atoms with van der Waals surface area (Å²) >= 11 is 0. The fraction of sp³-hybridized carbons (Fsp3) is 0.353. The summed E-state index contributed by atoms with van der Waals surface area (Å²) in [6.45, 7) is 4.04. The third kappa shape index (κ3) is 4.37. The fourth-order valence-corrected chi connectivity index (χ4v) is 3.75. The second kappa shape index (κ2) is 7.68. The molecule has 0 radical (unpaired) electrons. The Kier molecular flexibility index (Phi) is 5.87. The summed E-state index contributed by atoms with van der Waals surface area (Å²) in [4.78, 5) is 4.26. The molecule has 2 aromatic rings. The maximum absolute atomic E-state index is 12.9. The van der Waals surface area contributed by atoms with Crippen LogP contribution in [0.15, 0.2) is 53.7 Å². The quantitative estimate of drug-likeness (QED) is 0.844. The van der Waals surface area contributed by atoms with Crippen molar-refractivity contribution in [3.63, 3.8) is 0 Å². The summed E-state index contributed by atoms with van der Waals surface area (Å²) in [5, 5.41) is 9.25. The Balaban J connectivity index is 2.35. The van der Waals surface area contributed by atoms with Crippen LogP contribution in [-0.4, -0.2) is 36.0 Å². The Morgan fingerprint density at radius 3 is 2.61 bits per heavy atom. The van der Waals surface area contributed by atoms with E-state index >= 15 is 0 Å². The molecule has 0 aliphatic rings. The second-order valence-electron chi connectivity index (χ2n) is 5.65. The number of pyridine rings is 1. The number of rotatable bonds is 7. The van der Waals surface area contributed by atoms with Gasteiger partial charge in [-0.3, -0.25) is 4.98 Å². The summed E-state index contributed by atoms with van der Waals surface area (Å²) in [5.74, 6) is 0.245. The average Bonchev–Trinajstić information content (AvgIpc) is 2.55. The number of aliphatic hydroxyl groups excluding tert-OH is 1. The molecule has 0 unspecified atom stereocenters. The van der Waals surface area contributed by atoms with E-state index in [-0.39, 0.29) is 30.5 Å². The largest absolute Gasteiger partial charge is 0.395 e. The smallest absolute Gasteiger partial charge is 0.243 e. The molecule has 124 valence electrons. The Hall–Kier alpha value is -1.76. The lowest BCUT2D eigenvalue weighted by atomic mass is 10.0. The van der Waals surface area contributed by atoms with Crippen LogP contribution >= 0.6 is 0 Å². The van der Waals surface area contributed by atoms with Gasteiger partial charge in [0.2, 0.25) is 10.0 Å². The van der Waals surface area contributed by atoms with Crippen molar-refractivity contribution in [2.45, 2.75) is 31.2 Å². The fourth-order valence-electron chi connectivity index (χ4n) is 2.27. The molecule has 0 aliphatic carbocycles. The van der Waals surface area contributed by atoms with Gasteiger partial charge in [-0.25, -0.2) is 8.42 Å². The van der Waals surface area contributed by atoms with Crippen LogP contribution in [0, 0.1) is 0 Å². The molecule has 0 saturated carbocycles. The monoisotopic (exact) mass is 334 g/mol. The number of aliphatic hydroxyl groups is 1. The first-order valence-electron chi connectivity index (χ1n) is 7.55. The summed E-state index contributed by atoms with van der Waals surface area (Å²) in [6.07, 6.45) is 3.27. The lowest BCUT2D eigenvalue weighted by molar-refractivity contribution is 0.251. The molecule has 0 aliphatic heterocycles. The second-order valence-corrected chi connectivity index (χ2v) is 7.59. The zero-order chi connectivity index (χ0) is 16.9. The molecular formula is C17H22N2O3S. The minimum absolute atomic E-state index is 0.0448. The first-order valence-corrected chi connectivity index (χ1v) is 8.99. The lowest BCUT2D eigenvalue weighted by Crippen LogP contribution is -2.33. The van der Waals surface area contributed by atoms with Crippen molar-refractivity contribution < 1.29 is 13.5 Å². The Morgan fingerprint density at radius 1 is 1.22 bits per heavy atom. The molecule has 1 heterocycles. The van der Waals surface area contributed by atoms with E-state index in [0.29, 0.717) is 0 Å². The Labute approximate surface area is 137 Å². The minimum atomic E-state index is -3.67. The van der Waals surface area contributed by atoms with Gasteiger partial charge >= 0.3 is 0 Å². The summed E-state index contributed by atoms with van der Waals surface area (Å²) < 4.78 is 27.1. The maximum atomic E-state index is 12.9. The van der Waals surface area contributed by atoms with Crippen LogP contribution in [0.2, 0.25) is 0 Å². The predicted molar refractivity (Wildman–Crippen MR) is 89.4 cm³/mol. The first kappa shape index (κ1) is 17.6. The van der Waals surface area contributed by atoms with E-state index in [1.807, 2.05) is 26.0 Å². The van der Waals surface area contributed by atoms with Crippen molar-refractivity contribution in [2.24, 2.45) is 0 Å². The molecule has 0 atom stereocenters. The van der Waals surface area contributed by atoms with E-state index in [2.05, 4.69) is 4.98 Å². The number of aromatic nitrogens is 1. The highest BCUT2D eigenvalue weighted by Crippen LogP contribution is 2.22. The number of nitrogens with zero attached hydrogens (tertiary/aromatic N) is 2. The van der Waals surface area contributed by atoms with Gasteiger partial charge in [0.15, 0.2) is 0 Å². The normalized spacial score (nSPS) is 12.0. The molecular weight excluding hydrogens is 312 g/mol. The van der Waals surface area contributed by atoms with Crippen LogP contribution in [0.1, 0.15) is 30.9 Å². The first-order chi connectivity index (χ1) is 10.9. The van der Waals surface area contributed by atoms with Crippen LogP contribution in [0.4, 0.5) is 0 Å². The molecule has 1 N–H and O–H groups in total. The van der Waals surface area contributed by atoms with Crippen LogP contribution in [0.3, 0.4) is 0 Å². The van der Waals surface area contributed by atoms with Gasteiger partial charge in [0.05, 0.1) is 11.5 Å². The van der Waals surface area contributed by atoms with Gasteiger partial charge in [0.1, 0.15) is 0 Å². The Bertz CT molecular complexity index is 731. The molecule has 23 heavy (non-hydrogen) atoms. The topological polar surface area (TPSA) is 70.5 Å². The van der Waals surface area contributed by atoms with Crippen molar-refractivity contribution >= 4 is 10.0 Å². The van der Waals surface area contributed by atoms with E-state index in [1.165, 1.54) is 4.31 Å². The van der Waals surface area contributed by atoms with Gasteiger partial charge in [0, 0.05) is 25.5 Å². The highest BCUT2D eigenvalue weighted by Gasteiger charge is 2.24. The van der Waals surface area contributed by atoms with Crippen LogP contribution < -0.4 is 0 Å². The van der Waals surface area contributed by atoms with Crippen molar-refractivity contribution in [3.05, 3.63) is 59.9 Å². The number of hydrogen-bond donors (Lipinski definition) is 1. The lowest BCUT2D eigenvalue weighted by Gasteiger charge is -2.22. The van der Waals surface area contributed by atoms with Gasteiger partial charge in [-0.2, -0.15) is 4.31 Å². The van der Waals surface area contributed by atoms with Gasteiger partial charge in [-0.05, 0) is 35.2 Å². The molecule has 5 nitrogen and oxygen atoms in total. The van der Waals surface area contributed by atoms with Gasteiger partial charge in [0.25, 0.3) is 0 Å². The van der Waals surface area contributed by atoms with Crippen LogP contribution in [-0.2, 0) is 16.6 Å². The highest BCUT2D eigenvalue weighted by atomic mass is 32.2. The van der Waals surface area contributed by atoms with Crippen molar-refractivity contribution in [2.75, 3.05) is 13.2 Å². The molecule has 1 aromatic heterocycles. The molecule has 0 fully saturated rings. The van der Waals surface area contributed by atoms with Crippen molar-refractivity contribution in [1.29, 1.82) is 0 Å². The van der Waals surface area contributed by atoms with Gasteiger partial charge in [-0.15, -0.1) is 0 Å². The van der Waals surface area contributed by atoms with Gasteiger partial charge in [-0.1, -0.05) is 32.0 Å². The summed E-state index contributed by atoms with van der Waals surface area (Å²) in [7, 11) is -3.67. The van der Waals surface area contributed by atoms with E-state index < -0.39 is 10.0 Å². The Morgan fingerprint density at radius 2 is 2.00 bits per heavy atom. The SMILES string of the molecule is CC(C)c1cccc(S(=O)(=O)N(CCO)Cc2cccnc2)c1. The zero-order valence-electron chi connectivity index (χ0n) is 13.4. The molecule has 1 aromatic carbocycles. The van der Waals surface area contributed by atoms with E-state index in [9.17, 15) is 13.5 Å². The molecule has 2 rings (SSSR count). The van der Waals surface area contributed by atoms with Crippen LogP contribution in [0.5, 0.6) is 0 Å². The van der Waals surface area contributed by atoms with E-state index in [4.69, 9.17) is 0 Å². The minimum Gasteiger partial charge on any atom is -0.395 e. The molecule has 0 bridgehead atoms. The molecule has 0 saturated heterocycles. The highest BCUT2D eigenvalue weighted by molar-refractivity contribution is 7.89. The number of sulfonamides is 1. The number of hydrogen-bond acceptors (Lipinski definition) is 4. The van der Waals surface area contributed by atoms with Gasteiger partial charge < -0.3 is 5.11 Å². The standard InChI is InChI=1S/C17H22N2O3S/c1-14(2)16-6-3-7-17(11-16)23(21,22)19(9-10-20)13-15-5-4-8-18-12-15/h3-8,11-12,14,20H,9-10,13H2,1-2H3. The predicted octanol–water partition coefficient (Wildman–Crippen LogP) is 2.39. The third-order valence-corrected chi connectivity index (χ3v) is 5.43. The van der Waals surface area contributed by atoms with Crippen molar-refractivity contribution in [3.8, 4) is 0 Å². The van der Waals surface area contributed by atoms with E-state index in [0.717, 1.165) is 11.1 Å². The third-order valence-electron chi connectivity index (χ3n) is 3.59. The van der Waals surface area contributed by atoms with Crippen molar-refractivity contribution in [1.82, 2.24) is 9.29 Å². The summed E-state index contributed by atoms with van der Waals surface area (Å²) in [6, 6.07) is 10.5. The molecule has 6 heteroatoms. The summed E-state index contributed by atoms with van der Waals surface area (Å²) in [5.41, 5.74) is 1.75. The van der Waals surface area contributed by atoms with E-state index in [1.54, 1.807) is 36.7 Å². The molecule has 0 spiro atoms. The zero-order valence-corrected chi connectivity index (χ0v) is 14.2. The number of benzene rings is 1.